The predicted octanol–water partition coefficient (Wildman–Crippen LogP) is 7.40. The molecule has 2 aromatic rings. The molecule has 4 nitrogen and oxygen atoms in total. The molecule has 39 heavy (non-hydrogen) atoms. The van der Waals surface area contributed by atoms with Crippen LogP contribution in [0.2, 0.25) is 0 Å². The van der Waals surface area contributed by atoms with E-state index >= 15 is 0 Å². The van der Waals surface area contributed by atoms with Crippen molar-refractivity contribution in [2.45, 2.75) is 104 Å². The van der Waals surface area contributed by atoms with Gasteiger partial charge in [0.05, 0.1) is 32.4 Å². The number of carboxylic acids is 1. The molecule has 2 unspecified atom stereocenters. The summed E-state index contributed by atoms with van der Waals surface area (Å²) in [6, 6.07) is 17.7. The highest BCUT2D eigenvalue weighted by molar-refractivity contribution is 5.87. The summed E-state index contributed by atoms with van der Waals surface area (Å²) in [6.45, 7) is 16.5. The fourth-order valence-corrected chi connectivity index (χ4v) is 3.31. The number of quaternary nitrogens is 1. The molecule has 0 radical (unpaired) electrons. The number of carboxylic acid groups (broad SMARTS) is 1. The van der Waals surface area contributed by atoms with Crippen LogP contribution in [0.5, 0.6) is 0 Å². The average Bonchev–Trinajstić information content (AvgIpc) is 2.85. The fourth-order valence-electron chi connectivity index (χ4n) is 3.31. The molecule has 1 aliphatic rings. The zero-order valence-corrected chi connectivity index (χ0v) is 22.1. The standard InChI is InChI=1S/C11H14O2.C10H14.C7H16NO.6CH4.ClH/c1-3-8(2)9-4-6-10(7-5-9)11(12)13;1-3-9(2)10-7-5-4-6-8-10;1-3-8(2)4-6-9-7-5-8;;;;;;;/h4-8H,3H2,1-2H3,(H,12,13);4-9H,3H2,1-2H3;3-7H2,1-2H3;6*1H4;1H/q;;+1;;;;;;;/p-1. The van der Waals surface area contributed by atoms with E-state index in [0.29, 0.717) is 17.4 Å². The summed E-state index contributed by atoms with van der Waals surface area (Å²) >= 11 is 0. The van der Waals surface area contributed by atoms with Gasteiger partial charge in [0.15, 0.2) is 0 Å². The van der Waals surface area contributed by atoms with Crippen LogP contribution in [-0.4, -0.2) is 55.5 Å². The second kappa shape index (κ2) is 29.1. The minimum atomic E-state index is -0.865. The number of nitrogens with zero attached hydrogens (tertiary/aromatic N) is 1. The molecule has 0 aromatic heterocycles. The second-order valence-corrected chi connectivity index (χ2v) is 8.95. The maximum absolute atomic E-state index is 10.6. The second-order valence-electron chi connectivity index (χ2n) is 8.95. The molecule has 2 atom stereocenters. The van der Waals surface area contributed by atoms with Gasteiger partial charge < -0.3 is 26.7 Å². The van der Waals surface area contributed by atoms with E-state index in [2.05, 4.69) is 72.0 Å². The summed E-state index contributed by atoms with van der Waals surface area (Å²) in [5.74, 6) is 0.347. The van der Waals surface area contributed by atoms with Crippen LogP contribution in [0.3, 0.4) is 0 Å². The zero-order valence-electron chi connectivity index (χ0n) is 21.4. The van der Waals surface area contributed by atoms with E-state index in [1.165, 1.54) is 41.7 Å². The lowest BCUT2D eigenvalue weighted by molar-refractivity contribution is -0.915. The van der Waals surface area contributed by atoms with E-state index in [0.717, 1.165) is 19.6 Å². The maximum atomic E-state index is 10.6. The van der Waals surface area contributed by atoms with Crippen LogP contribution in [0, 0.1) is 0 Å². The normalized spacial score (nSPS) is 13.5. The van der Waals surface area contributed by atoms with Crippen molar-refractivity contribution < 1.29 is 31.5 Å². The molecule has 1 saturated heterocycles. The van der Waals surface area contributed by atoms with Gasteiger partial charge in [0, 0.05) is 0 Å². The highest BCUT2D eigenvalue weighted by Gasteiger charge is 2.22. The molecule has 2 aromatic carbocycles. The molecular weight excluding hydrogens is 506 g/mol. The molecule has 0 amide bonds. The number of carbonyl (C=O) groups is 1. The van der Waals surface area contributed by atoms with Gasteiger partial charge in [0.25, 0.3) is 0 Å². The van der Waals surface area contributed by atoms with Crippen LogP contribution in [0.4, 0.5) is 0 Å². The van der Waals surface area contributed by atoms with Crippen molar-refractivity contribution in [1.82, 2.24) is 0 Å². The Hall–Kier alpha value is -1.88. The molecule has 0 bridgehead atoms. The topological polar surface area (TPSA) is 46.5 Å². The van der Waals surface area contributed by atoms with Crippen molar-refractivity contribution in [3.8, 4) is 0 Å². The van der Waals surface area contributed by atoms with Gasteiger partial charge >= 0.3 is 5.97 Å². The van der Waals surface area contributed by atoms with Gasteiger partial charge in [-0.2, -0.15) is 0 Å². The third-order valence-electron chi connectivity index (χ3n) is 6.63. The number of rotatable bonds is 6. The summed E-state index contributed by atoms with van der Waals surface area (Å²) in [4.78, 5) is 10.6. The first-order valence-corrected chi connectivity index (χ1v) is 12.1. The van der Waals surface area contributed by atoms with Gasteiger partial charge in [0.2, 0.25) is 0 Å². The number of halogens is 1. The highest BCUT2D eigenvalue weighted by Crippen LogP contribution is 2.19. The van der Waals surface area contributed by atoms with Gasteiger partial charge in [-0.05, 0) is 54.9 Å². The SMILES string of the molecule is C.C.C.C.C.C.CCC(C)c1ccc(C(=O)O)cc1.CCC(C)c1ccccc1.CC[N+]1(C)CCOCC1.[Cl-]. The number of hydrogen-bond acceptors (Lipinski definition) is 2. The van der Waals surface area contributed by atoms with E-state index < -0.39 is 5.97 Å². The van der Waals surface area contributed by atoms with Crippen LogP contribution in [0.25, 0.3) is 0 Å². The molecule has 1 heterocycles. The Morgan fingerprint density at radius 2 is 1.15 bits per heavy atom. The van der Waals surface area contributed by atoms with Gasteiger partial charge in [-0.15, -0.1) is 0 Å². The summed E-state index contributed by atoms with van der Waals surface area (Å²) < 4.78 is 6.45. The molecule has 1 N–H and O–H groups in total. The Labute approximate surface area is 252 Å². The molecule has 0 aliphatic carbocycles. The van der Waals surface area contributed by atoms with Crippen molar-refractivity contribution in [3.63, 3.8) is 0 Å². The minimum absolute atomic E-state index is 0. The number of morpholine rings is 1. The number of likely N-dealkylation sites (N-methyl/N-ethyl adjacent to an activating group) is 1. The molecule has 0 saturated carbocycles. The van der Waals surface area contributed by atoms with E-state index in [4.69, 9.17) is 9.84 Å². The number of aromatic carboxylic acids is 1. The molecule has 0 spiro atoms. The van der Waals surface area contributed by atoms with Crippen LogP contribution < -0.4 is 12.4 Å². The van der Waals surface area contributed by atoms with Crippen LogP contribution in [-0.2, 0) is 4.74 Å². The van der Waals surface area contributed by atoms with Crippen molar-refractivity contribution in [2.75, 3.05) is 39.9 Å². The first kappa shape index (κ1) is 53.4. The lowest BCUT2D eigenvalue weighted by atomic mass is 9.98. The average molecular weight is 574 g/mol. The number of hydrogen-bond donors (Lipinski definition) is 1. The van der Waals surface area contributed by atoms with Crippen LogP contribution in [0.1, 0.15) is 125 Å². The Bertz CT molecular complexity index is 760. The van der Waals surface area contributed by atoms with Crippen molar-refractivity contribution in [2.24, 2.45) is 0 Å². The van der Waals surface area contributed by atoms with Gasteiger partial charge in [-0.1, -0.05) is 115 Å². The zero-order chi connectivity index (χ0) is 24.0. The fraction of sp³-hybridized carbons (Fsp3) is 0.618. The van der Waals surface area contributed by atoms with Crippen molar-refractivity contribution in [1.29, 1.82) is 0 Å². The quantitative estimate of drug-likeness (QED) is 0.366. The van der Waals surface area contributed by atoms with E-state index in [-0.39, 0.29) is 57.0 Å². The Morgan fingerprint density at radius 1 is 0.769 bits per heavy atom. The summed E-state index contributed by atoms with van der Waals surface area (Å²) in [5.41, 5.74) is 3.00. The first-order valence-electron chi connectivity index (χ1n) is 12.1. The Balaban J connectivity index is -0.0000000733. The van der Waals surface area contributed by atoms with E-state index in [1.807, 2.05) is 12.1 Å². The van der Waals surface area contributed by atoms with E-state index in [9.17, 15) is 4.79 Å². The van der Waals surface area contributed by atoms with Gasteiger partial charge in [-0.3, -0.25) is 0 Å². The van der Waals surface area contributed by atoms with E-state index in [1.54, 1.807) is 12.1 Å². The largest absolute Gasteiger partial charge is 1.00 e. The number of ether oxygens (including phenoxy) is 1. The van der Waals surface area contributed by atoms with Crippen LogP contribution >= 0.6 is 0 Å². The number of benzene rings is 2. The first-order chi connectivity index (χ1) is 15.3. The Morgan fingerprint density at radius 3 is 1.46 bits per heavy atom. The van der Waals surface area contributed by atoms with Gasteiger partial charge in [0.1, 0.15) is 13.1 Å². The molecule has 1 fully saturated rings. The summed E-state index contributed by atoms with van der Waals surface area (Å²) in [5, 5.41) is 8.67. The lowest BCUT2D eigenvalue weighted by Crippen LogP contribution is -3.00. The third kappa shape index (κ3) is 20.7. The monoisotopic (exact) mass is 573 g/mol. The minimum Gasteiger partial charge on any atom is -1.00 e. The molecule has 3 rings (SSSR count). The Kier molecular flexibility index (Phi) is 39.8. The summed E-state index contributed by atoms with van der Waals surface area (Å²) in [6.07, 6.45) is 2.30. The van der Waals surface area contributed by atoms with Crippen molar-refractivity contribution in [3.05, 3.63) is 71.3 Å². The maximum Gasteiger partial charge on any atom is 0.335 e. The van der Waals surface area contributed by atoms with Gasteiger partial charge in [-0.25, -0.2) is 4.79 Å². The van der Waals surface area contributed by atoms with Crippen molar-refractivity contribution >= 4 is 5.97 Å². The lowest BCUT2D eigenvalue weighted by Gasteiger charge is -2.36. The predicted molar refractivity (Wildman–Crippen MR) is 175 cm³/mol. The molecule has 1 aliphatic heterocycles. The third-order valence-corrected chi connectivity index (χ3v) is 6.63. The van der Waals surface area contributed by atoms with Crippen LogP contribution in [0.15, 0.2) is 54.6 Å². The smallest absolute Gasteiger partial charge is 0.335 e. The molecule has 234 valence electrons. The molecule has 5 heteroatoms. The molecular formula is C34H68ClNO3. The highest BCUT2D eigenvalue weighted by atomic mass is 35.5. The summed E-state index contributed by atoms with van der Waals surface area (Å²) in [7, 11) is 2.29.